The fourth-order valence-corrected chi connectivity index (χ4v) is 2.03. The van der Waals surface area contributed by atoms with Gasteiger partial charge in [0, 0.05) is 7.05 Å². The molecule has 0 bridgehead atoms. The number of likely N-dealkylation sites (N-methyl/N-ethyl adjacent to an activating group) is 1. The smallest absolute Gasteiger partial charge is 0.408 e. The summed E-state index contributed by atoms with van der Waals surface area (Å²) in [5.74, 6) is -0.334. The second kappa shape index (κ2) is 6.61. The number of carbonyl (C=O) groups is 2. The van der Waals surface area contributed by atoms with Gasteiger partial charge in [-0.05, 0) is 12.0 Å². The zero-order valence-electron chi connectivity index (χ0n) is 11.7. The Morgan fingerprint density at radius 1 is 1.48 bits per heavy atom. The molecule has 0 aromatic heterocycles. The molecule has 1 aliphatic rings. The van der Waals surface area contributed by atoms with Gasteiger partial charge < -0.3 is 10.1 Å². The van der Waals surface area contributed by atoms with Crippen LogP contribution in [0.15, 0.2) is 30.3 Å². The number of hydrogen-bond acceptors (Lipinski definition) is 5. The molecule has 0 spiro atoms. The molecule has 0 aliphatic carbocycles. The predicted octanol–water partition coefficient (Wildman–Crippen LogP) is 0.842. The SMILES string of the molecule is CN1C(=O)[C@@H](NC(=O)OCc2ccccc2)CCN1C#N. The number of nitrogens with zero attached hydrogens (tertiary/aromatic N) is 3. The highest BCUT2D eigenvalue weighted by molar-refractivity contribution is 5.85. The van der Waals surface area contributed by atoms with Crippen LogP contribution in [0, 0.1) is 11.5 Å². The summed E-state index contributed by atoms with van der Waals surface area (Å²) < 4.78 is 5.07. The first-order valence-corrected chi connectivity index (χ1v) is 6.54. The van der Waals surface area contributed by atoms with Gasteiger partial charge in [0.15, 0.2) is 6.19 Å². The standard InChI is InChI=1S/C14H16N4O3/c1-17-13(19)12(7-8-18(17)10-15)16-14(20)21-9-11-5-3-2-4-6-11/h2-6,12H,7-9H2,1H3,(H,16,20)/t12-/m0/s1. The molecule has 0 unspecified atom stereocenters. The maximum absolute atomic E-state index is 12.0. The summed E-state index contributed by atoms with van der Waals surface area (Å²) >= 11 is 0. The van der Waals surface area contributed by atoms with E-state index in [4.69, 9.17) is 10.00 Å². The number of alkyl carbamates (subject to hydrolysis) is 1. The fraction of sp³-hybridized carbons (Fsp3) is 0.357. The Hall–Kier alpha value is -2.75. The largest absolute Gasteiger partial charge is 0.445 e. The molecule has 1 N–H and O–H groups in total. The molecular weight excluding hydrogens is 272 g/mol. The topological polar surface area (TPSA) is 85.7 Å². The zero-order valence-corrected chi connectivity index (χ0v) is 11.7. The number of hydrazine groups is 1. The number of hydrogen-bond donors (Lipinski definition) is 1. The minimum absolute atomic E-state index is 0.147. The molecule has 7 heteroatoms. The van der Waals surface area contributed by atoms with Gasteiger partial charge in [0.2, 0.25) is 0 Å². The lowest BCUT2D eigenvalue weighted by atomic mass is 10.1. The maximum atomic E-state index is 12.0. The molecule has 0 radical (unpaired) electrons. The average molecular weight is 288 g/mol. The summed E-state index contributed by atoms with van der Waals surface area (Å²) in [4.78, 5) is 23.7. The summed E-state index contributed by atoms with van der Waals surface area (Å²) in [6.45, 7) is 0.524. The molecule has 2 amide bonds. The summed E-state index contributed by atoms with van der Waals surface area (Å²) in [7, 11) is 1.49. The van der Waals surface area contributed by atoms with Gasteiger partial charge in [0.1, 0.15) is 12.6 Å². The van der Waals surface area contributed by atoms with E-state index in [1.165, 1.54) is 17.1 Å². The van der Waals surface area contributed by atoms with Crippen LogP contribution in [0.4, 0.5) is 4.79 Å². The minimum atomic E-state index is -0.664. The third kappa shape index (κ3) is 3.63. The summed E-state index contributed by atoms with van der Waals surface area (Å²) in [5, 5.41) is 13.8. The van der Waals surface area contributed by atoms with Gasteiger partial charge in [-0.2, -0.15) is 5.26 Å². The van der Waals surface area contributed by atoms with E-state index in [0.29, 0.717) is 13.0 Å². The molecule has 110 valence electrons. The van der Waals surface area contributed by atoms with Gasteiger partial charge in [-0.15, -0.1) is 0 Å². The third-order valence-corrected chi connectivity index (χ3v) is 3.23. The quantitative estimate of drug-likeness (QED) is 0.833. The van der Waals surface area contributed by atoms with Gasteiger partial charge in [0.05, 0.1) is 6.54 Å². The van der Waals surface area contributed by atoms with Crippen molar-refractivity contribution < 1.29 is 14.3 Å². The van der Waals surface area contributed by atoms with Gasteiger partial charge in [-0.1, -0.05) is 30.3 Å². The molecule has 21 heavy (non-hydrogen) atoms. The van der Waals surface area contributed by atoms with Crippen LogP contribution in [-0.2, 0) is 16.1 Å². The Bertz CT molecular complexity index is 555. The van der Waals surface area contributed by atoms with Crippen LogP contribution >= 0.6 is 0 Å². The van der Waals surface area contributed by atoms with Crippen LogP contribution < -0.4 is 5.32 Å². The minimum Gasteiger partial charge on any atom is -0.445 e. The van der Waals surface area contributed by atoms with Crippen molar-refractivity contribution in [3.05, 3.63) is 35.9 Å². The lowest BCUT2D eigenvalue weighted by Crippen LogP contribution is -2.57. The molecular formula is C14H16N4O3. The molecule has 1 aromatic carbocycles. The molecule has 0 saturated carbocycles. The van der Waals surface area contributed by atoms with Crippen molar-refractivity contribution >= 4 is 12.0 Å². The molecule has 1 heterocycles. The number of ether oxygens (including phenoxy) is 1. The van der Waals surface area contributed by atoms with E-state index in [1.54, 1.807) is 0 Å². The van der Waals surface area contributed by atoms with Crippen LogP contribution in [-0.4, -0.2) is 41.7 Å². The fourth-order valence-electron chi connectivity index (χ4n) is 2.03. The number of amides is 2. The van der Waals surface area contributed by atoms with E-state index in [1.807, 2.05) is 36.5 Å². The molecule has 1 saturated heterocycles. The predicted molar refractivity (Wildman–Crippen MR) is 73.3 cm³/mol. The van der Waals surface area contributed by atoms with Crippen molar-refractivity contribution in [2.24, 2.45) is 0 Å². The van der Waals surface area contributed by atoms with Crippen molar-refractivity contribution in [2.75, 3.05) is 13.6 Å². The summed E-state index contributed by atoms with van der Waals surface area (Å²) in [6, 6.07) is 8.61. The third-order valence-electron chi connectivity index (χ3n) is 3.23. The van der Waals surface area contributed by atoms with Crippen molar-refractivity contribution in [3.63, 3.8) is 0 Å². The molecule has 1 aromatic rings. The second-order valence-electron chi connectivity index (χ2n) is 4.63. The van der Waals surface area contributed by atoms with Crippen molar-refractivity contribution in [3.8, 4) is 6.19 Å². The first-order chi connectivity index (χ1) is 10.1. The van der Waals surface area contributed by atoms with Gasteiger partial charge in [-0.3, -0.25) is 4.79 Å². The maximum Gasteiger partial charge on any atom is 0.408 e. The van der Waals surface area contributed by atoms with Crippen LogP contribution in [0.5, 0.6) is 0 Å². The van der Waals surface area contributed by atoms with Gasteiger partial charge in [-0.25, -0.2) is 14.8 Å². The number of nitriles is 1. The van der Waals surface area contributed by atoms with Crippen molar-refractivity contribution in [2.45, 2.75) is 19.1 Å². The zero-order chi connectivity index (χ0) is 15.2. The lowest BCUT2D eigenvalue weighted by molar-refractivity contribution is -0.148. The van der Waals surface area contributed by atoms with E-state index >= 15 is 0 Å². The Balaban J connectivity index is 1.83. The van der Waals surface area contributed by atoms with E-state index in [2.05, 4.69) is 5.32 Å². The highest BCUT2D eigenvalue weighted by atomic mass is 16.5. The number of rotatable bonds is 3. The van der Waals surface area contributed by atoms with Crippen LogP contribution in [0.1, 0.15) is 12.0 Å². The second-order valence-corrected chi connectivity index (χ2v) is 4.63. The highest BCUT2D eigenvalue weighted by Crippen LogP contribution is 2.10. The van der Waals surface area contributed by atoms with Crippen LogP contribution in [0.2, 0.25) is 0 Å². The van der Waals surface area contributed by atoms with E-state index in [9.17, 15) is 9.59 Å². The average Bonchev–Trinajstić information content (AvgIpc) is 2.51. The molecule has 1 fully saturated rings. The molecule has 7 nitrogen and oxygen atoms in total. The van der Waals surface area contributed by atoms with Gasteiger partial charge >= 0.3 is 6.09 Å². The summed E-state index contributed by atoms with van der Waals surface area (Å²) in [5.41, 5.74) is 0.871. The molecule has 1 aliphatic heterocycles. The van der Waals surface area contributed by atoms with E-state index in [-0.39, 0.29) is 12.5 Å². The van der Waals surface area contributed by atoms with Crippen molar-refractivity contribution in [1.29, 1.82) is 5.26 Å². The van der Waals surface area contributed by atoms with Crippen molar-refractivity contribution in [1.82, 2.24) is 15.3 Å². The first kappa shape index (κ1) is 14.7. The van der Waals surface area contributed by atoms with E-state index < -0.39 is 12.1 Å². The van der Waals surface area contributed by atoms with Crippen LogP contribution in [0.25, 0.3) is 0 Å². The Kier molecular flexibility index (Phi) is 4.61. The normalized spacial score (nSPS) is 18.1. The monoisotopic (exact) mass is 288 g/mol. The highest BCUT2D eigenvalue weighted by Gasteiger charge is 2.32. The lowest BCUT2D eigenvalue weighted by Gasteiger charge is -2.35. The van der Waals surface area contributed by atoms with Gasteiger partial charge in [0.25, 0.3) is 5.91 Å². The van der Waals surface area contributed by atoms with E-state index in [0.717, 1.165) is 5.56 Å². The Morgan fingerprint density at radius 2 is 2.19 bits per heavy atom. The molecule has 2 rings (SSSR count). The number of benzene rings is 1. The Labute approximate surface area is 122 Å². The number of carbonyl (C=O) groups excluding carboxylic acids is 2. The van der Waals surface area contributed by atoms with Crippen LogP contribution in [0.3, 0.4) is 0 Å². The number of nitrogens with one attached hydrogen (secondary N) is 1. The molecule has 1 atom stereocenters. The summed E-state index contributed by atoms with van der Waals surface area (Å²) in [6.07, 6.45) is 1.63. The Morgan fingerprint density at radius 3 is 2.86 bits per heavy atom. The first-order valence-electron chi connectivity index (χ1n) is 6.54.